The van der Waals surface area contributed by atoms with Crippen LogP contribution < -0.4 is 20.1 Å². The van der Waals surface area contributed by atoms with Crippen LogP contribution in [-0.2, 0) is 4.74 Å². The van der Waals surface area contributed by atoms with Crippen molar-refractivity contribution in [3.63, 3.8) is 0 Å². The molecule has 8 nitrogen and oxygen atoms in total. The summed E-state index contributed by atoms with van der Waals surface area (Å²) in [4.78, 5) is 36.6. The quantitative estimate of drug-likeness (QED) is 0.356. The fourth-order valence-electron chi connectivity index (χ4n) is 2.85. The van der Waals surface area contributed by atoms with E-state index >= 15 is 0 Å². The van der Waals surface area contributed by atoms with Gasteiger partial charge < -0.3 is 24.8 Å². The molecule has 0 heterocycles. The lowest BCUT2D eigenvalue weighted by molar-refractivity contribution is 0.101. The summed E-state index contributed by atoms with van der Waals surface area (Å²) < 4.78 is 14.9. The van der Waals surface area contributed by atoms with Crippen molar-refractivity contribution in [2.24, 2.45) is 0 Å². The molecule has 0 aliphatic carbocycles. The molecule has 3 rings (SSSR count). The minimum Gasteiger partial charge on any atom is -0.496 e. The summed E-state index contributed by atoms with van der Waals surface area (Å²) in [5, 5.41) is 5.92. The van der Waals surface area contributed by atoms with E-state index in [9.17, 15) is 14.4 Å². The standard InChI is InChI=1S/C24H21ClN2O6/c1-3-32-24(30)33-19-10-7-15(8-11-19)22(28)26-17-5-4-6-18(14-17)27-23(29)20-13-16(25)9-12-21(20)31-2/h4-14H,3H2,1-2H3,(H,26,28)(H,27,29). The molecule has 0 radical (unpaired) electrons. The molecule has 3 aromatic carbocycles. The van der Waals surface area contributed by atoms with E-state index in [0.717, 1.165) is 0 Å². The maximum absolute atomic E-state index is 12.7. The Balaban J connectivity index is 1.66. The van der Waals surface area contributed by atoms with Crippen LogP contribution >= 0.6 is 11.6 Å². The largest absolute Gasteiger partial charge is 0.513 e. The number of hydrogen-bond acceptors (Lipinski definition) is 6. The average Bonchev–Trinajstić information content (AvgIpc) is 2.80. The van der Waals surface area contributed by atoms with Gasteiger partial charge in [0, 0.05) is 22.0 Å². The predicted octanol–water partition coefficient (Wildman–Crippen LogP) is 5.39. The smallest absolute Gasteiger partial charge is 0.496 e. The number of rotatable bonds is 7. The van der Waals surface area contributed by atoms with Gasteiger partial charge in [-0.2, -0.15) is 0 Å². The zero-order valence-corrected chi connectivity index (χ0v) is 18.6. The van der Waals surface area contributed by atoms with E-state index in [1.165, 1.54) is 37.4 Å². The van der Waals surface area contributed by atoms with Crippen LogP contribution in [0.15, 0.2) is 66.7 Å². The highest BCUT2D eigenvalue weighted by Gasteiger charge is 2.14. The number of methoxy groups -OCH3 is 1. The second kappa shape index (κ2) is 11.0. The first-order valence-corrected chi connectivity index (χ1v) is 10.3. The monoisotopic (exact) mass is 468 g/mol. The van der Waals surface area contributed by atoms with Gasteiger partial charge in [-0.15, -0.1) is 0 Å². The highest BCUT2D eigenvalue weighted by Crippen LogP contribution is 2.24. The van der Waals surface area contributed by atoms with Crippen molar-refractivity contribution in [1.29, 1.82) is 0 Å². The van der Waals surface area contributed by atoms with Crippen LogP contribution in [0.3, 0.4) is 0 Å². The van der Waals surface area contributed by atoms with Crippen LogP contribution in [-0.4, -0.2) is 31.7 Å². The Morgan fingerprint density at radius 2 is 1.55 bits per heavy atom. The Morgan fingerprint density at radius 3 is 2.18 bits per heavy atom. The Kier molecular flexibility index (Phi) is 7.88. The van der Waals surface area contributed by atoms with E-state index in [4.69, 9.17) is 25.8 Å². The number of hydrogen-bond donors (Lipinski definition) is 2. The lowest BCUT2D eigenvalue weighted by atomic mass is 10.1. The van der Waals surface area contributed by atoms with Crippen LogP contribution in [0.2, 0.25) is 5.02 Å². The Morgan fingerprint density at radius 1 is 0.879 bits per heavy atom. The van der Waals surface area contributed by atoms with Gasteiger partial charge in [0.05, 0.1) is 19.3 Å². The average molecular weight is 469 g/mol. The van der Waals surface area contributed by atoms with E-state index in [-0.39, 0.29) is 23.8 Å². The zero-order valence-electron chi connectivity index (χ0n) is 17.9. The molecule has 0 spiro atoms. The number of carbonyl (C=O) groups is 3. The third kappa shape index (κ3) is 6.47. The highest BCUT2D eigenvalue weighted by atomic mass is 35.5. The van der Waals surface area contributed by atoms with Gasteiger partial charge in [-0.3, -0.25) is 9.59 Å². The van der Waals surface area contributed by atoms with Crippen molar-refractivity contribution in [2.45, 2.75) is 6.92 Å². The van der Waals surface area contributed by atoms with Crippen LogP contribution in [0.1, 0.15) is 27.6 Å². The van der Waals surface area contributed by atoms with E-state index in [2.05, 4.69) is 10.6 Å². The highest BCUT2D eigenvalue weighted by molar-refractivity contribution is 6.31. The molecule has 9 heteroatoms. The first-order chi connectivity index (χ1) is 15.9. The van der Waals surface area contributed by atoms with Crippen molar-refractivity contribution in [3.8, 4) is 11.5 Å². The van der Waals surface area contributed by atoms with Gasteiger partial charge in [-0.05, 0) is 67.6 Å². The van der Waals surface area contributed by atoms with Gasteiger partial charge in [0.2, 0.25) is 0 Å². The maximum atomic E-state index is 12.7. The summed E-state index contributed by atoms with van der Waals surface area (Å²) in [6, 6.07) is 17.4. The molecule has 0 aliphatic rings. The molecule has 0 atom stereocenters. The molecular formula is C24H21ClN2O6. The van der Waals surface area contributed by atoms with Gasteiger partial charge in [-0.1, -0.05) is 17.7 Å². The molecule has 0 bridgehead atoms. The first kappa shape index (κ1) is 23.6. The maximum Gasteiger partial charge on any atom is 0.513 e. The van der Waals surface area contributed by atoms with E-state index in [1.807, 2.05) is 0 Å². The molecule has 0 aromatic heterocycles. The summed E-state index contributed by atoms with van der Waals surface area (Å²) in [6.45, 7) is 1.87. The summed E-state index contributed by atoms with van der Waals surface area (Å²) >= 11 is 6.00. The fourth-order valence-corrected chi connectivity index (χ4v) is 3.02. The molecule has 2 N–H and O–H groups in total. The molecule has 2 amide bonds. The molecule has 0 aliphatic heterocycles. The van der Waals surface area contributed by atoms with Crippen molar-refractivity contribution >= 4 is 40.9 Å². The van der Waals surface area contributed by atoms with Crippen LogP contribution in [0.25, 0.3) is 0 Å². The number of halogens is 1. The predicted molar refractivity (Wildman–Crippen MR) is 124 cm³/mol. The Hall–Kier alpha value is -4.04. The van der Waals surface area contributed by atoms with Gasteiger partial charge in [0.25, 0.3) is 11.8 Å². The molecule has 3 aromatic rings. The van der Waals surface area contributed by atoms with Crippen LogP contribution in [0.5, 0.6) is 11.5 Å². The number of amides is 2. The van der Waals surface area contributed by atoms with Gasteiger partial charge >= 0.3 is 6.16 Å². The van der Waals surface area contributed by atoms with Gasteiger partial charge in [-0.25, -0.2) is 4.79 Å². The van der Waals surface area contributed by atoms with E-state index in [1.54, 1.807) is 43.3 Å². The molecule has 170 valence electrons. The van der Waals surface area contributed by atoms with Crippen molar-refractivity contribution < 1.29 is 28.6 Å². The van der Waals surface area contributed by atoms with Crippen molar-refractivity contribution in [3.05, 3.63) is 82.9 Å². The summed E-state index contributed by atoms with van der Waals surface area (Å²) in [5.74, 6) is -0.143. The normalized spacial score (nSPS) is 10.2. The molecule has 0 unspecified atom stereocenters. The topological polar surface area (TPSA) is 103 Å². The summed E-state index contributed by atoms with van der Waals surface area (Å²) in [7, 11) is 1.46. The molecule has 33 heavy (non-hydrogen) atoms. The molecular weight excluding hydrogens is 448 g/mol. The number of ether oxygens (including phenoxy) is 3. The molecule has 0 saturated carbocycles. The fraction of sp³-hybridized carbons (Fsp3) is 0.125. The molecule has 0 saturated heterocycles. The van der Waals surface area contributed by atoms with E-state index < -0.39 is 12.1 Å². The Labute approximate surface area is 195 Å². The zero-order chi connectivity index (χ0) is 23.8. The first-order valence-electron chi connectivity index (χ1n) is 9.90. The number of anilines is 2. The molecule has 0 fully saturated rings. The van der Waals surface area contributed by atoms with E-state index in [0.29, 0.717) is 27.7 Å². The SMILES string of the molecule is CCOC(=O)Oc1ccc(C(=O)Nc2cccc(NC(=O)c3cc(Cl)ccc3OC)c2)cc1. The minimum atomic E-state index is -0.816. The summed E-state index contributed by atoms with van der Waals surface area (Å²) in [5.41, 5.74) is 1.58. The minimum absolute atomic E-state index is 0.200. The summed E-state index contributed by atoms with van der Waals surface area (Å²) in [6.07, 6.45) is -0.816. The number of benzene rings is 3. The van der Waals surface area contributed by atoms with Crippen molar-refractivity contribution in [2.75, 3.05) is 24.4 Å². The second-order valence-corrected chi connectivity index (χ2v) is 7.08. The van der Waals surface area contributed by atoms with Crippen LogP contribution in [0, 0.1) is 0 Å². The number of nitrogens with one attached hydrogen (secondary N) is 2. The third-order valence-corrected chi connectivity index (χ3v) is 4.60. The lowest BCUT2D eigenvalue weighted by Crippen LogP contribution is -2.15. The van der Waals surface area contributed by atoms with Gasteiger partial charge in [0.1, 0.15) is 11.5 Å². The Bertz CT molecular complexity index is 1160. The number of carbonyl (C=O) groups excluding carboxylic acids is 3. The second-order valence-electron chi connectivity index (χ2n) is 6.64. The van der Waals surface area contributed by atoms with Crippen molar-refractivity contribution in [1.82, 2.24) is 0 Å². The van der Waals surface area contributed by atoms with Gasteiger partial charge in [0.15, 0.2) is 0 Å². The van der Waals surface area contributed by atoms with Crippen LogP contribution in [0.4, 0.5) is 16.2 Å². The lowest BCUT2D eigenvalue weighted by Gasteiger charge is -2.11. The third-order valence-electron chi connectivity index (χ3n) is 4.36.